The Morgan fingerprint density at radius 1 is 1.32 bits per heavy atom. The Balaban J connectivity index is 2.23. The number of ether oxygens (including phenoxy) is 1. The van der Waals surface area contributed by atoms with Crippen molar-refractivity contribution < 1.29 is 14.3 Å². The highest BCUT2D eigenvalue weighted by Gasteiger charge is 2.25. The molecule has 2 atom stereocenters. The summed E-state index contributed by atoms with van der Waals surface area (Å²) in [7, 11) is 1.65. The second-order valence-corrected chi connectivity index (χ2v) is 6.14. The number of carbonyl (C=O) groups is 2. The van der Waals surface area contributed by atoms with Crippen molar-refractivity contribution in [3.63, 3.8) is 0 Å². The fourth-order valence-electron chi connectivity index (χ4n) is 2.27. The maximum Gasteiger partial charge on any atom is 0.306 e. The number of likely N-dealkylation sites (N-methyl/N-ethyl adjacent to an activating group) is 1. The van der Waals surface area contributed by atoms with Gasteiger partial charge in [0.25, 0.3) is 0 Å². The van der Waals surface area contributed by atoms with Crippen molar-refractivity contribution in [2.75, 3.05) is 13.6 Å². The molecule has 0 aromatic heterocycles. The van der Waals surface area contributed by atoms with Crippen LogP contribution in [0.25, 0.3) is 0 Å². The zero-order chi connectivity index (χ0) is 14.5. The number of piperidine rings is 1. The molecule has 1 heterocycles. The molecule has 5 heteroatoms. The second-order valence-electron chi connectivity index (χ2n) is 6.14. The zero-order valence-electron chi connectivity index (χ0n) is 12.4. The summed E-state index contributed by atoms with van der Waals surface area (Å²) in [5.41, 5.74) is -0.411. The van der Waals surface area contributed by atoms with E-state index in [0.29, 0.717) is 12.3 Å². The lowest BCUT2D eigenvalue weighted by Crippen LogP contribution is -2.48. The van der Waals surface area contributed by atoms with Gasteiger partial charge in [0.15, 0.2) is 0 Å². The number of hydrogen-bond acceptors (Lipinski definition) is 4. The minimum Gasteiger partial charge on any atom is -0.460 e. The van der Waals surface area contributed by atoms with Gasteiger partial charge >= 0.3 is 5.97 Å². The Morgan fingerprint density at radius 3 is 2.47 bits per heavy atom. The standard InChI is InChI=1S/C14H26N2O3/c1-14(2,3)19-12(17)8-6-10-5-7-11(16-9-10)13(18)15-4/h10-11,16H,5-9H2,1-4H3,(H,15,18). The highest BCUT2D eigenvalue weighted by Crippen LogP contribution is 2.20. The van der Waals surface area contributed by atoms with Crippen LogP contribution in [0.5, 0.6) is 0 Å². The number of carbonyl (C=O) groups excluding carboxylic acids is 2. The van der Waals surface area contributed by atoms with E-state index in [4.69, 9.17) is 4.74 Å². The highest BCUT2D eigenvalue weighted by atomic mass is 16.6. The van der Waals surface area contributed by atoms with E-state index < -0.39 is 5.60 Å². The molecule has 1 aliphatic rings. The maximum atomic E-state index is 11.6. The van der Waals surface area contributed by atoms with Gasteiger partial charge in [-0.3, -0.25) is 9.59 Å². The SMILES string of the molecule is CNC(=O)C1CCC(CCC(=O)OC(C)(C)C)CN1. The van der Waals surface area contributed by atoms with E-state index in [1.54, 1.807) is 7.05 Å². The third-order valence-electron chi connectivity index (χ3n) is 3.26. The van der Waals surface area contributed by atoms with Crippen LogP contribution in [0.2, 0.25) is 0 Å². The minimum atomic E-state index is -0.411. The van der Waals surface area contributed by atoms with E-state index in [1.807, 2.05) is 20.8 Å². The molecule has 1 aliphatic heterocycles. The van der Waals surface area contributed by atoms with Gasteiger partial charge in [-0.2, -0.15) is 0 Å². The normalized spacial score (nSPS) is 23.8. The molecule has 110 valence electrons. The predicted molar refractivity (Wildman–Crippen MR) is 73.7 cm³/mol. The molecule has 1 fully saturated rings. The lowest BCUT2D eigenvalue weighted by atomic mass is 9.91. The third kappa shape index (κ3) is 6.05. The second kappa shape index (κ2) is 6.89. The molecule has 0 aromatic rings. The molecular formula is C14H26N2O3. The van der Waals surface area contributed by atoms with Crippen molar-refractivity contribution in [1.29, 1.82) is 0 Å². The molecule has 0 saturated carbocycles. The Hall–Kier alpha value is -1.10. The summed E-state index contributed by atoms with van der Waals surface area (Å²) in [6, 6.07) is -0.0808. The number of hydrogen-bond donors (Lipinski definition) is 2. The van der Waals surface area contributed by atoms with E-state index in [1.165, 1.54) is 0 Å². The van der Waals surface area contributed by atoms with Crippen molar-refractivity contribution in [3.8, 4) is 0 Å². The Morgan fingerprint density at radius 2 is 2.00 bits per heavy atom. The first-order valence-corrected chi connectivity index (χ1v) is 6.98. The van der Waals surface area contributed by atoms with Crippen LogP contribution in [0.3, 0.4) is 0 Å². The Kier molecular flexibility index (Phi) is 5.79. The average Bonchev–Trinajstić information content (AvgIpc) is 2.34. The smallest absolute Gasteiger partial charge is 0.306 e. The largest absolute Gasteiger partial charge is 0.460 e. The van der Waals surface area contributed by atoms with Gasteiger partial charge in [-0.05, 0) is 52.5 Å². The fourth-order valence-corrected chi connectivity index (χ4v) is 2.27. The van der Waals surface area contributed by atoms with Crippen molar-refractivity contribution in [2.45, 2.75) is 58.1 Å². The van der Waals surface area contributed by atoms with E-state index in [0.717, 1.165) is 25.8 Å². The van der Waals surface area contributed by atoms with Crippen LogP contribution in [0.1, 0.15) is 46.5 Å². The van der Waals surface area contributed by atoms with Crippen molar-refractivity contribution in [3.05, 3.63) is 0 Å². The molecule has 1 saturated heterocycles. The van der Waals surface area contributed by atoms with Gasteiger partial charge in [0.2, 0.25) is 5.91 Å². The summed E-state index contributed by atoms with van der Waals surface area (Å²) in [6.45, 7) is 6.42. The van der Waals surface area contributed by atoms with Crippen LogP contribution in [0.15, 0.2) is 0 Å². The third-order valence-corrected chi connectivity index (χ3v) is 3.26. The minimum absolute atomic E-state index is 0.0468. The van der Waals surface area contributed by atoms with Crippen LogP contribution in [0, 0.1) is 5.92 Å². The highest BCUT2D eigenvalue weighted by molar-refractivity contribution is 5.81. The van der Waals surface area contributed by atoms with Gasteiger partial charge in [0, 0.05) is 13.5 Å². The van der Waals surface area contributed by atoms with Crippen LogP contribution < -0.4 is 10.6 Å². The lowest BCUT2D eigenvalue weighted by molar-refractivity contribution is -0.155. The molecular weight excluding hydrogens is 244 g/mol. The molecule has 5 nitrogen and oxygen atoms in total. The van der Waals surface area contributed by atoms with Gasteiger partial charge in [-0.25, -0.2) is 0 Å². The van der Waals surface area contributed by atoms with Gasteiger partial charge in [0.1, 0.15) is 5.60 Å². The summed E-state index contributed by atoms with van der Waals surface area (Å²) < 4.78 is 5.28. The molecule has 1 amide bonds. The number of nitrogens with one attached hydrogen (secondary N) is 2. The van der Waals surface area contributed by atoms with Gasteiger partial charge in [-0.15, -0.1) is 0 Å². The topological polar surface area (TPSA) is 67.4 Å². The van der Waals surface area contributed by atoms with E-state index >= 15 is 0 Å². The molecule has 0 aliphatic carbocycles. The summed E-state index contributed by atoms with van der Waals surface area (Å²) in [6.07, 6.45) is 3.09. The maximum absolute atomic E-state index is 11.6. The Labute approximate surface area is 115 Å². The first-order valence-electron chi connectivity index (χ1n) is 6.98. The first kappa shape index (κ1) is 16.0. The molecule has 2 unspecified atom stereocenters. The molecule has 0 spiro atoms. The summed E-state index contributed by atoms with van der Waals surface area (Å²) in [5.74, 6) is 0.361. The van der Waals surface area contributed by atoms with Crippen molar-refractivity contribution in [1.82, 2.24) is 10.6 Å². The van der Waals surface area contributed by atoms with Crippen molar-refractivity contribution >= 4 is 11.9 Å². The lowest BCUT2D eigenvalue weighted by Gasteiger charge is -2.29. The van der Waals surface area contributed by atoms with E-state index in [2.05, 4.69) is 10.6 Å². The van der Waals surface area contributed by atoms with Crippen molar-refractivity contribution in [2.24, 2.45) is 5.92 Å². The first-order chi connectivity index (χ1) is 8.81. The summed E-state index contributed by atoms with van der Waals surface area (Å²) >= 11 is 0. The number of esters is 1. The number of rotatable bonds is 4. The van der Waals surface area contributed by atoms with Gasteiger partial charge in [0.05, 0.1) is 6.04 Å². The van der Waals surface area contributed by atoms with Gasteiger partial charge in [-0.1, -0.05) is 0 Å². The fraction of sp³-hybridized carbons (Fsp3) is 0.857. The predicted octanol–water partition coefficient (Wildman–Crippen LogP) is 1.22. The van der Waals surface area contributed by atoms with E-state index in [9.17, 15) is 9.59 Å². The van der Waals surface area contributed by atoms with Crippen LogP contribution in [0.4, 0.5) is 0 Å². The molecule has 19 heavy (non-hydrogen) atoms. The molecule has 0 aromatic carbocycles. The molecule has 0 bridgehead atoms. The Bertz CT molecular complexity index is 315. The monoisotopic (exact) mass is 270 g/mol. The average molecular weight is 270 g/mol. The summed E-state index contributed by atoms with van der Waals surface area (Å²) in [4.78, 5) is 23.1. The summed E-state index contributed by atoms with van der Waals surface area (Å²) in [5, 5.41) is 5.88. The van der Waals surface area contributed by atoms with E-state index in [-0.39, 0.29) is 17.9 Å². The molecule has 0 radical (unpaired) electrons. The molecule has 1 rings (SSSR count). The van der Waals surface area contributed by atoms with Crippen LogP contribution in [-0.2, 0) is 14.3 Å². The van der Waals surface area contributed by atoms with Crippen LogP contribution in [-0.4, -0.2) is 37.1 Å². The zero-order valence-corrected chi connectivity index (χ0v) is 12.4. The number of amides is 1. The van der Waals surface area contributed by atoms with Crippen LogP contribution >= 0.6 is 0 Å². The van der Waals surface area contributed by atoms with Gasteiger partial charge < -0.3 is 15.4 Å². The quantitative estimate of drug-likeness (QED) is 0.754. The molecule has 2 N–H and O–H groups in total.